The number of carboxylic acid groups (broad SMARTS) is 1. The molecule has 2 aromatic rings. The highest BCUT2D eigenvalue weighted by Crippen LogP contribution is 2.37. The summed E-state index contributed by atoms with van der Waals surface area (Å²) < 4.78 is 15.6. The van der Waals surface area contributed by atoms with E-state index < -0.39 is 22.8 Å². The van der Waals surface area contributed by atoms with Crippen LogP contribution in [0.3, 0.4) is 0 Å². The molecule has 1 heterocycles. The minimum atomic E-state index is -1.09. The number of carboxylic acids is 1. The number of amides is 1. The maximum absolute atomic E-state index is 13.5. The van der Waals surface area contributed by atoms with E-state index in [0.717, 1.165) is 0 Å². The topological polar surface area (TPSA) is 128 Å². The molecule has 1 aliphatic rings. The maximum atomic E-state index is 13.5. The molecule has 1 unspecified atom stereocenters. The summed E-state index contributed by atoms with van der Waals surface area (Å²) in [7, 11) is 4.27. The Bertz CT molecular complexity index is 1090. The first-order valence-electron chi connectivity index (χ1n) is 10.1. The lowest BCUT2D eigenvalue weighted by molar-refractivity contribution is -0.385. The second-order valence-electron chi connectivity index (χ2n) is 7.30. The SMILES string of the molecule is COc1ccc(/C(=C\c2cc(OC)c(OC)cc2[N+](=O)[O-])C(=O)N2CCCC2C(=O)O)cc1. The van der Waals surface area contributed by atoms with Crippen LogP contribution in [0.2, 0.25) is 0 Å². The van der Waals surface area contributed by atoms with Crippen LogP contribution in [-0.2, 0) is 9.59 Å². The highest BCUT2D eigenvalue weighted by atomic mass is 16.6. The number of nitrogens with zero attached hydrogens (tertiary/aromatic N) is 2. The molecular formula is C23H24N2O8. The number of rotatable bonds is 8. The maximum Gasteiger partial charge on any atom is 0.326 e. The van der Waals surface area contributed by atoms with Crippen LogP contribution in [0.15, 0.2) is 36.4 Å². The van der Waals surface area contributed by atoms with E-state index >= 15 is 0 Å². The van der Waals surface area contributed by atoms with E-state index in [0.29, 0.717) is 24.2 Å². The standard InChI is InChI=1S/C23H24N2O8/c1-31-16-8-6-14(7-9-16)17(22(26)24-10-4-5-18(24)23(27)28)11-15-12-20(32-2)21(33-3)13-19(15)25(29)30/h6-9,11-13,18H,4-5,10H2,1-3H3,(H,27,28)/b17-11+. The molecule has 0 aromatic heterocycles. The van der Waals surface area contributed by atoms with Crippen molar-refractivity contribution in [3.8, 4) is 17.2 Å². The third-order valence-corrected chi connectivity index (χ3v) is 5.46. The molecule has 1 fully saturated rings. The predicted octanol–water partition coefficient (Wildman–Crippen LogP) is 3.24. The molecule has 0 aliphatic carbocycles. The molecule has 0 saturated carbocycles. The summed E-state index contributed by atoms with van der Waals surface area (Å²) in [5.74, 6) is -0.641. The number of methoxy groups -OCH3 is 3. The van der Waals surface area contributed by atoms with Crippen molar-refractivity contribution in [2.24, 2.45) is 0 Å². The van der Waals surface area contributed by atoms with Gasteiger partial charge in [0.25, 0.3) is 11.6 Å². The summed E-state index contributed by atoms with van der Waals surface area (Å²) in [4.78, 5) is 37.6. The Kier molecular flexibility index (Phi) is 7.17. The first kappa shape index (κ1) is 23.6. The van der Waals surface area contributed by atoms with Gasteiger partial charge in [-0.3, -0.25) is 14.9 Å². The monoisotopic (exact) mass is 456 g/mol. The van der Waals surface area contributed by atoms with Crippen LogP contribution in [0.25, 0.3) is 11.6 Å². The van der Waals surface area contributed by atoms with Crippen molar-refractivity contribution >= 4 is 29.2 Å². The van der Waals surface area contributed by atoms with E-state index in [1.807, 2.05) is 0 Å². The van der Waals surface area contributed by atoms with Crippen molar-refractivity contribution in [1.82, 2.24) is 4.90 Å². The average molecular weight is 456 g/mol. The molecule has 0 radical (unpaired) electrons. The van der Waals surface area contributed by atoms with Crippen LogP contribution in [0.1, 0.15) is 24.0 Å². The predicted molar refractivity (Wildman–Crippen MR) is 119 cm³/mol. The Balaban J connectivity index is 2.20. The van der Waals surface area contributed by atoms with Gasteiger partial charge in [0.1, 0.15) is 11.8 Å². The van der Waals surface area contributed by atoms with Crippen molar-refractivity contribution in [3.63, 3.8) is 0 Å². The lowest BCUT2D eigenvalue weighted by Gasteiger charge is -2.23. The van der Waals surface area contributed by atoms with Crippen molar-refractivity contribution in [2.75, 3.05) is 27.9 Å². The number of nitro groups is 1. The number of likely N-dealkylation sites (tertiary alicyclic amines) is 1. The van der Waals surface area contributed by atoms with Gasteiger partial charge in [-0.2, -0.15) is 0 Å². The normalized spacial score (nSPS) is 15.8. The second-order valence-corrected chi connectivity index (χ2v) is 7.30. The lowest BCUT2D eigenvalue weighted by atomic mass is 9.99. The van der Waals surface area contributed by atoms with Gasteiger partial charge < -0.3 is 24.2 Å². The zero-order chi connectivity index (χ0) is 24.1. The molecule has 1 atom stereocenters. The first-order valence-corrected chi connectivity index (χ1v) is 10.1. The quantitative estimate of drug-likeness (QED) is 0.277. The summed E-state index contributed by atoms with van der Waals surface area (Å²) >= 11 is 0. The van der Waals surface area contributed by atoms with Gasteiger partial charge in [-0.05, 0) is 42.7 Å². The smallest absolute Gasteiger partial charge is 0.326 e. The van der Waals surface area contributed by atoms with E-state index in [4.69, 9.17) is 14.2 Å². The highest BCUT2D eigenvalue weighted by Gasteiger charge is 2.36. The van der Waals surface area contributed by atoms with Crippen LogP contribution in [0, 0.1) is 10.1 Å². The van der Waals surface area contributed by atoms with E-state index in [1.165, 1.54) is 44.4 Å². The molecular weight excluding hydrogens is 432 g/mol. The summed E-state index contributed by atoms with van der Waals surface area (Å²) in [5.41, 5.74) is 0.396. The number of carbonyl (C=O) groups excluding carboxylic acids is 1. The number of benzene rings is 2. The largest absolute Gasteiger partial charge is 0.497 e. The van der Waals surface area contributed by atoms with Crippen LogP contribution in [-0.4, -0.2) is 60.7 Å². The number of aliphatic carboxylic acids is 1. The van der Waals surface area contributed by atoms with Crippen LogP contribution in [0.5, 0.6) is 17.2 Å². The summed E-state index contributed by atoms with van der Waals surface area (Å²) in [6, 6.07) is 8.25. The zero-order valence-electron chi connectivity index (χ0n) is 18.4. The minimum Gasteiger partial charge on any atom is -0.497 e. The molecule has 1 amide bonds. The van der Waals surface area contributed by atoms with Gasteiger partial charge in [-0.25, -0.2) is 4.79 Å². The van der Waals surface area contributed by atoms with Crippen molar-refractivity contribution in [1.29, 1.82) is 0 Å². The van der Waals surface area contributed by atoms with Gasteiger partial charge in [-0.1, -0.05) is 12.1 Å². The molecule has 2 aromatic carbocycles. The van der Waals surface area contributed by atoms with Crippen molar-refractivity contribution in [3.05, 3.63) is 57.6 Å². The Hall–Kier alpha value is -4.08. The first-order chi connectivity index (χ1) is 15.8. The number of hydrogen-bond donors (Lipinski definition) is 1. The highest BCUT2D eigenvalue weighted by molar-refractivity contribution is 6.25. The second kappa shape index (κ2) is 10.0. The molecule has 0 bridgehead atoms. The van der Waals surface area contributed by atoms with Gasteiger partial charge in [0, 0.05) is 12.1 Å². The van der Waals surface area contributed by atoms with Crippen molar-refractivity contribution < 1.29 is 33.8 Å². The Morgan fingerprint density at radius 1 is 1.09 bits per heavy atom. The Morgan fingerprint density at radius 3 is 2.27 bits per heavy atom. The van der Waals surface area contributed by atoms with Gasteiger partial charge in [0.15, 0.2) is 11.5 Å². The van der Waals surface area contributed by atoms with E-state index in [1.54, 1.807) is 24.3 Å². The molecule has 0 spiro atoms. The number of ether oxygens (including phenoxy) is 3. The molecule has 3 rings (SSSR count). The fourth-order valence-electron chi connectivity index (χ4n) is 3.77. The van der Waals surface area contributed by atoms with E-state index in [-0.39, 0.29) is 34.9 Å². The van der Waals surface area contributed by atoms with Gasteiger partial charge in [-0.15, -0.1) is 0 Å². The molecule has 1 saturated heterocycles. The summed E-state index contributed by atoms with van der Waals surface area (Å²) in [6.07, 6.45) is 2.27. The van der Waals surface area contributed by atoms with E-state index in [9.17, 15) is 24.8 Å². The Labute approximate surface area is 190 Å². The molecule has 10 heteroatoms. The van der Waals surface area contributed by atoms with Gasteiger partial charge >= 0.3 is 5.97 Å². The number of nitro benzene ring substituents is 1. The third-order valence-electron chi connectivity index (χ3n) is 5.46. The van der Waals surface area contributed by atoms with Crippen LogP contribution >= 0.6 is 0 Å². The van der Waals surface area contributed by atoms with Crippen LogP contribution in [0.4, 0.5) is 5.69 Å². The molecule has 1 N–H and O–H groups in total. The molecule has 174 valence electrons. The molecule has 10 nitrogen and oxygen atoms in total. The summed E-state index contributed by atoms with van der Waals surface area (Å²) in [6.45, 7) is 0.275. The van der Waals surface area contributed by atoms with Gasteiger partial charge in [0.05, 0.1) is 37.9 Å². The van der Waals surface area contributed by atoms with Crippen LogP contribution < -0.4 is 14.2 Å². The summed E-state index contributed by atoms with van der Waals surface area (Å²) in [5, 5.41) is 21.3. The fourth-order valence-corrected chi connectivity index (χ4v) is 3.77. The number of hydrogen-bond acceptors (Lipinski definition) is 7. The average Bonchev–Trinajstić information content (AvgIpc) is 3.32. The minimum absolute atomic E-state index is 0.112. The molecule has 33 heavy (non-hydrogen) atoms. The van der Waals surface area contributed by atoms with E-state index in [2.05, 4.69) is 0 Å². The third kappa shape index (κ3) is 4.89. The molecule has 1 aliphatic heterocycles. The Morgan fingerprint density at radius 2 is 1.73 bits per heavy atom. The fraction of sp³-hybridized carbons (Fsp3) is 0.304. The lowest BCUT2D eigenvalue weighted by Crippen LogP contribution is -2.40. The zero-order valence-corrected chi connectivity index (χ0v) is 18.4. The number of carbonyl (C=O) groups is 2. The van der Waals surface area contributed by atoms with Crippen molar-refractivity contribution in [2.45, 2.75) is 18.9 Å². The van der Waals surface area contributed by atoms with Gasteiger partial charge in [0.2, 0.25) is 0 Å².